The maximum atomic E-state index is 5.00. The fraction of sp³-hybridized carbons (Fsp3) is 0.500. The van der Waals surface area contributed by atoms with Crippen molar-refractivity contribution < 1.29 is 0 Å². The molecule has 0 bridgehead atoms. The Morgan fingerprint density at radius 3 is 3.27 bits per heavy atom. The zero-order valence-corrected chi connectivity index (χ0v) is 6.06. The molecule has 11 heavy (non-hydrogen) atoms. The van der Waals surface area contributed by atoms with Crippen LogP contribution in [0, 0.1) is 0 Å². The Morgan fingerprint density at radius 2 is 2.45 bits per heavy atom. The summed E-state index contributed by atoms with van der Waals surface area (Å²) >= 11 is 0. The molecule has 1 aliphatic rings. The van der Waals surface area contributed by atoms with Gasteiger partial charge in [0.15, 0.2) is 5.82 Å². The number of aromatic nitrogens is 3. The molecule has 0 saturated carbocycles. The van der Waals surface area contributed by atoms with E-state index in [2.05, 4.69) is 15.3 Å². The average molecular weight is 151 g/mol. The molecule has 0 saturated heterocycles. The van der Waals surface area contributed by atoms with Gasteiger partial charge in [0.05, 0.1) is 6.21 Å². The van der Waals surface area contributed by atoms with Crippen LogP contribution in [-0.4, -0.2) is 21.0 Å². The van der Waals surface area contributed by atoms with E-state index in [1.54, 1.807) is 0 Å². The second kappa shape index (κ2) is 2.34. The van der Waals surface area contributed by atoms with Crippen LogP contribution in [0.1, 0.15) is 18.1 Å². The summed E-state index contributed by atoms with van der Waals surface area (Å²) in [4.78, 5) is 0. The summed E-state index contributed by atoms with van der Waals surface area (Å²) in [7, 11) is 0. The van der Waals surface area contributed by atoms with Gasteiger partial charge in [-0.3, -0.25) is 0 Å². The zero-order valence-electron chi connectivity index (χ0n) is 6.06. The lowest BCUT2D eigenvalue weighted by Gasteiger charge is -1.93. The maximum absolute atomic E-state index is 5.00. The average Bonchev–Trinajstić information content (AvgIpc) is 2.53. The Labute approximate surface area is 63.9 Å². The molecule has 0 aromatic carbocycles. The highest BCUT2D eigenvalue weighted by molar-refractivity contribution is 5.74. The molecule has 1 aromatic rings. The first-order valence-electron chi connectivity index (χ1n) is 3.57. The van der Waals surface area contributed by atoms with Crippen LogP contribution < -0.4 is 5.84 Å². The predicted molar refractivity (Wildman–Crippen MR) is 40.1 cm³/mol. The molecule has 0 atom stereocenters. The van der Waals surface area contributed by atoms with Crippen LogP contribution in [0.15, 0.2) is 5.10 Å². The van der Waals surface area contributed by atoms with Crippen LogP contribution in [-0.2, 0) is 13.0 Å². The van der Waals surface area contributed by atoms with Crippen LogP contribution in [0.3, 0.4) is 0 Å². The molecule has 58 valence electrons. The van der Waals surface area contributed by atoms with Gasteiger partial charge in [0.2, 0.25) is 0 Å². The van der Waals surface area contributed by atoms with E-state index < -0.39 is 0 Å². The van der Waals surface area contributed by atoms with Gasteiger partial charge in [0.25, 0.3) is 0 Å². The van der Waals surface area contributed by atoms with Crippen molar-refractivity contribution in [2.24, 2.45) is 10.9 Å². The number of rotatable bonds is 1. The van der Waals surface area contributed by atoms with E-state index in [1.807, 2.05) is 4.57 Å². The lowest BCUT2D eigenvalue weighted by Crippen LogP contribution is -2.00. The van der Waals surface area contributed by atoms with Gasteiger partial charge in [-0.15, -0.1) is 10.2 Å². The van der Waals surface area contributed by atoms with E-state index >= 15 is 0 Å². The van der Waals surface area contributed by atoms with Crippen LogP contribution in [0.25, 0.3) is 0 Å². The topological polar surface area (TPSA) is 69.1 Å². The molecule has 0 aliphatic carbocycles. The molecular weight excluding hydrogens is 142 g/mol. The summed E-state index contributed by atoms with van der Waals surface area (Å²) in [6.45, 7) is 0.990. The first-order chi connectivity index (χ1) is 5.42. The van der Waals surface area contributed by atoms with Crippen molar-refractivity contribution in [3.63, 3.8) is 0 Å². The molecule has 2 N–H and O–H groups in total. The minimum absolute atomic E-state index is 0.764. The largest absolute Gasteiger partial charge is 0.323 e. The minimum Gasteiger partial charge on any atom is -0.323 e. The molecular formula is C6H9N5. The fourth-order valence-corrected chi connectivity index (χ4v) is 1.34. The molecule has 0 amide bonds. The summed E-state index contributed by atoms with van der Waals surface area (Å²) in [5, 5.41) is 11.3. The van der Waals surface area contributed by atoms with Gasteiger partial charge < -0.3 is 10.4 Å². The standard InChI is InChI=1S/C6H9N5/c7-8-4-6-10-9-5-2-1-3-11(5)6/h4H,1-3,7H2/b8-4+. The van der Waals surface area contributed by atoms with Gasteiger partial charge in [-0.05, 0) is 6.42 Å². The summed E-state index contributed by atoms with van der Waals surface area (Å²) in [5.41, 5.74) is 0. The lowest BCUT2D eigenvalue weighted by atomic mass is 10.4. The Bertz CT molecular complexity index is 287. The summed E-state index contributed by atoms with van der Waals surface area (Å²) < 4.78 is 2.04. The van der Waals surface area contributed by atoms with Gasteiger partial charge in [-0.25, -0.2) is 0 Å². The molecule has 1 aromatic heterocycles. The third-order valence-electron chi connectivity index (χ3n) is 1.83. The summed E-state index contributed by atoms with van der Waals surface area (Å²) in [5.74, 6) is 6.81. The van der Waals surface area contributed by atoms with Crippen molar-refractivity contribution >= 4 is 6.21 Å². The number of aryl methyl sites for hydroxylation is 1. The minimum atomic E-state index is 0.764. The highest BCUT2D eigenvalue weighted by atomic mass is 15.3. The van der Waals surface area contributed by atoms with Crippen LogP contribution in [0.2, 0.25) is 0 Å². The SMILES string of the molecule is N/N=C/c1nnc2n1CCC2. The van der Waals surface area contributed by atoms with Gasteiger partial charge in [0.1, 0.15) is 5.82 Å². The Kier molecular flexibility index (Phi) is 1.34. The highest BCUT2D eigenvalue weighted by Crippen LogP contribution is 2.12. The lowest BCUT2D eigenvalue weighted by molar-refractivity contribution is 0.735. The van der Waals surface area contributed by atoms with Crippen LogP contribution in [0.4, 0.5) is 0 Å². The molecule has 0 fully saturated rings. The number of fused-ring (bicyclic) bond motifs is 1. The number of hydrogen-bond donors (Lipinski definition) is 1. The van der Waals surface area contributed by atoms with Crippen LogP contribution in [0.5, 0.6) is 0 Å². The smallest absolute Gasteiger partial charge is 0.176 e. The Morgan fingerprint density at radius 1 is 1.55 bits per heavy atom. The monoisotopic (exact) mass is 151 g/mol. The Hall–Kier alpha value is -1.39. The van der Waals surface area contributed by atoms with E-state index in [-0.39, 0.29) is 0 Å². The van der Waals surface area contributed by atoms with E-state index in [4.69, 9.17) is 5.84 Å². The van der Waals surface area contributed by atoms with Gasteiger partial charge >= 0.3 is 0 Å². The molecule has 5 heteroatoms. The summed E-state index contributed by atoms with van der Waals surface area (Å²) in [6.07, 6.45) is 3.70. The van der Waals surface area contributed by atoms with E-state index in [0.29, 0.717) is 0 Å². The quantitative estimate of drug-likeness (QED) is 0.335. The fourth-order valence-electron chi connectivity index (χ4n) is 1.34. The van der Waals surface area contributed by atoms with Gasteiger partial charge in [0, 0.05) is 13.0 Å². The molecule has 0 radical (unpaired) electrons. The highest BCUT2D eigenvalue weighted by Gasteiger charge is 2.15. The van der Waals surface area contributed by atoms with E-state index in [1.165, 1.54) is 6.21 Å². The van der Waals surface area contributed by atoms with Gasteiger partial charge in [-0.2, -0.15) is 5.10 Å². The first kappa shape index (κ1) is 6.33. The number of nitrogens with zero attached hydrogens (tertiary/aromatic N) is 4. The molecule has 5 nitrogen and oxygen atoms in total. The summed E-state index contributed by atoms with van der Waals surface area (Å²) in [6, 6.07) is 0. The molecule has 2 rings (SSSR count). The number of hydrazone groups is 1. The van der Waals surface area contributed by atoms with Gasteiger partial charge in [-0.1, -0.05) is 0 Å². The normalized spacial score (nSPS) is 16.0. The van der Waals surface area contributed by atoms with Crippen molar-refractivity contribution in [2.45, 2.75) is 19.4 Å². The van der Waals surface area contributed by atoms with E-state index in [9.17, 15) is 0 Å². The molecule has 2 heterocycles. The maximum Gasteiger partial charge on any atom is 0.176 e. The molecule has 1 aliphatic heterocycles. The first-order valence-corrected chi connectivity index (χ1v) is 3.57. The van der Waals surface area contributed by atoms with Crippen molar-refractivity contribution in [1.29, 1.82) is 0 Å². The zero-order chi connectivity index (χ0) is 7.68. The van der Waals surface area contributed by atoms with E-state index in [0.717, 1.165) is 31.0 Å². The molecule has 0 spiro atoms. The van der Waals surface area contributed by atoms with Crippen molar-refractivity contribution in [1.82, 2.24) is 14.8 Å². The number of nitrogens with two attached hydrogens (primary N) is 1. The van der Waals surface area contributed by atoms with Crippen molar-refractivity contribution in [2.75, 3.05) is 0 Å². The number of hydrogen-bond acceptors (Lipinski definition) is 4. The van der Waals surface area contributed by atoms with Crippen molar-refractivity contribution in [3.05, 3.63) is 11.6 Å². The third kappa shape index (κ3) is 0.886. The third-order valence-corrected chi connectivity index (χ3v) is 1.83. The predicted octanol–water partition coefficient (Wildman–Crippen LogP) is -0.483. The van der Waals surface area contributed by atoms with Crippen LogP contribution >= 0.6 is 0 Å². The second-order valence-electron chi connectivity index (χ2n) is 2.51. The van der Waals surface area contributed by atoms with Crippen molar-refractivity contribution in [3.8, 4) is 0 Å². The second-order valence-corrected chi connectivity index (χ2v) is 2.51. The Balaban J connectivity index is 2.42. The molecule has 0 unspecified atom stereocenters.